The van der Waals surface area contributed by atoms with E-state index in [4.69, 9.17) is 4.74 Å². The molecule has 2 rings (SSSR count). The Morgan fingerprint density at radius 1 is 1.60 bits per heavy atom. The molecule has 0 aliphatic carbocycles. The van der Waals surface area contributed by atoms with E-state index >= 15 is 0 Å². The molecule has 1 fully saturated rings. The Hall–Kier alpha value is -1.66. The Morgan fingerprint density at radius 3 is 3.05 bits per heavy atom. The molecule has 1 aromatic heterocycles. The SMILES string of the molecule is CC(C)O[C@H]1CN(C(=O)NCc2cccnc2)C[C@@H]1O. The van der Waals surface area contributed by atoms with Crippen LogP contribution < -0.4 is 5.32 Å². The molecule has 110 valence electrons. The van der Waals surface area contributed by atoms with Crippen LogP contribution in [0.3, 0.4) is 0 Å². The van der Waals surface area contributed by atoms with Crippen molar-refractivity contribution in [1.82, 2.24) is 15.2 Å². The Kier molecular flexibility index (Phi) is 4.92. The fourth-order valence-electron chi connectivity index (χ4n) is 2.20. The van der Waals surface area contributed by atoms with Crippen LogP contribution in [0.4, 0.5) is 4.79 Å². The molecule has 2 atom stereocenters. The molecule has 0 unspecified atom stereocenters. The first-order valence-electron chi connectivity index (χ1n) is 6.81. The number of carbonyl (C=O) groups excluding carboxylic acids is 1. The third-order valence-electron chi connectivity index (χ3n) is 3.14. The van der Waals surface area contributed by atoms with Crippen LogP contribution in [0.5, 0.6) is 0 Å². The van der Waals surface area contributed by atoms with Crippen LogP contribution in [0.2, 0.25) is 0 Å². The number of aromatic nitrogens is 1. The van der Waals surface area contributed by atoms with Gasteiger partial charge in [0.1, 0.15) is 6.10 Å². The Bertz CT molecular complexity index is 439. The van der Waals surface area contributed by atoms with Crippen molar-refractivity contribution < 1.29 is 14.6 Å². The summed E-state index contributed by atoms with van der Waals surface area (Å²) < 4.78 is 5.58. The quantitative estimate of drug-likeness (QED) is 0.853. The van der Waals surface area contributed by atoms with Gasteiger partial charge in [-0.3, -0.25) is 4.98 Å². The Morgan fingerprint density at radius 2 is 2.40 bits per heavy atom. The van der Waals surface area contributed by atoms with Crippen LogP contribution in [0.15, 0.2) is 24.5 Å². The molecule has 6 nitrogen and oxygen atoms in total. The minimum atomic E-state index is -0.624. The lowest BCUT2D eigenvalue weighted by atomic mass is 10.2. The number of carbonyl (C=O) groups is 1. The number of pyridine rings is 1. The van der Waals surface area contributed by atoms with Crippen molar-refractivity contribution >= 4 is 6.03 Å². The number of aliphatic hydroxyl groups is 1. The molecule has 2 N–H and O–H groups in total. The zero-order valence-electron chi connectivity index (χ0n) is 11.8. The van der Waals surface area contributed by atoms with E-state index in [1.165, 1.54) is 0 Å². The maximum Gasteiger partial charge on any atom is 0.317 e. The summed E-state index contributed by atoms with van der Waals surface area (Å²) in [4.78, 5) is 17.6. The number of hydrogen-bond acceptors (Lipinski definition) is 4. The van der Waals surface area contributed by atoms with Gasteiger partial charge in [-0.1, -0.05) is 6.07 Å². The number of β-amino-alcohol motifs (C(OH)–C–C–N with tert-alkyl or cyclic N) is 1. The Balaban J connectivity index is 1.82. The van der Waals surface area contributed by atoms with Crippen LogP contribution >= 0.6 is 0 Å². The van der Waals surface area contributed by atoms with E-state index in [0.29, 0.717) is 19.6 Å². The number of nitrogens with zero attached hydrogens (tertiary/aromatic N) is 2. The highest BCUT2D eigenvalue weighted by Crippen LogP contribution is 2.15. The van der Waals surface area contributed by atoms with Crippen molar-refractivity contribution in [2.24, 2.45) is 0 Å². The minimum absolute atomic E-state index is 0.0352. The lowest BCUT2D eigenvalue weighted by molar-refractivity contribution is -0.0393. The molecule has 0 spiro atoms. The number of hydrogen-bond donors (Lipinski definition) is 2. The third-order valence-corrected chi connectivity index (χ3v) is 3.14. The highest BCUT2D eigenvalue weighted by atomic mass is 16.5. The van der Waals surface area contributed by atoms with Gasteiger partial charge in [0.05, 0.1) is 25.3 Å². The average molecular weight is 279 g/mol. The number of urea groups is 1. The first-order chi connectivity index (χ1) is 9.56. The Labute approximate surface area is 118 Å². The molecule has 2 heterocycles. The molecule has 1 aromatic rings. The van der Waals surface area contributed by atoms with Crippen LogP contribution in [-0.4, -0.2) is 52.4 Å². The molecule has 6 heteroatoms. The summed E-state index contributed by atoms with van der Waals surface area (Å²) >= 11 is 0. The molecule has 0 saturated carbocycles. The van der Waals surface area contributed by atoms with Gasteiger partial charge in [0, 0.05) is 18.9 Å². The second-order valence-electron chi connectivity index (χ2n) is 5.22. The lowest BCUT2D eigenvalue weighted by Gasteiger charge is -2.18. The van der Waals surface area contributed by atoms with Crippen molar-refractivity contribution in [3.8, 4) is 0 Å². The molecule has 20 heavy (non-hydrogen) atoms. The van der Waals surface area contributed by atoms with Gasteiger partial charge in [0.2, 0.25) is 0 Å². The molecular formula is C14H21N3O3. The molecule has 1 aliphatic heterocycles. The van der Waals surface area contributed by atoms with Crippen molar-refractivity contribution in [3.63, 3.8) is 0 Å². The molecule has 0 radical (unpaired) electrons. The van der Waals surface area contributed by atoms with Gasteiger partial charge in [-0.2, -0.15) is 0 Å². The maximum atomic E-state index is 12.0. The number of ether oxygens (including phenoxy) is 1. The van der Waals surface area contributed by atoms with Crippen molar-refractivity contribution in [2.75, 3.05) is 13.1 Å². The van der Waals surface area contributed by atoms with E-state index in [1.54, 1.807) is 17.3 Å². The number of rotatable bonds is 4. The summed E-state index contributed by atoms with van der Waals surface area (Å²) in [5.41, 5.74) is 0.940. The van der Waals surface area contributed by atoms with E-state index in [1.807, 2.05) is 26.0 Å². The lowest BCUT2D eigenvalue weighted by Crippen LogP contribution is -2.39. The van der Waals surface area contributed by atoms with Crippen molar-refractivity contribution in [2.45, 2.75) is 38.7 Å². The van der Waals surface area contributed by atoms with E-state index < -0.39 is 6.10 Å². The predicted molar refractivity (Wildman–Crippen MR) is 74.1 cm³/mol. The fraction of sp³-hybridized carbons (Fsp3) is 0.571. The molecular weight excluding hydrogens is 258 g/mol. The van der Waals surface area contributed by atoms with E-state index in [0.717, 1.165) is 5.56 Å². The maximum absolute atomic E-state index is 12.0. The first kappa shape index (κ1) is 14.7. The summed E-state index contributed by atoms with van der Waals surface area (Å²) in [5.74, 6) is 0. The fourth-order valence-corrected chi connectivity index (χ4v) is 2.20. The van der Waals surface area contributed by atoms with Gasteiger partial charge in [0.25, 0.3) is 0 Å². The van der Waals surface area contributed by atoms with Gasteiger partial charge in [0.15, 0.2) is 0 Å². The van der Waals surface area contributed by atoms with Crippen LogP contribution in [-0.2, 0) is 11.3 Å². The number of aliphatic hydroxyl groups excluding tert-OH is 1. The van der Waals surface area contributed by atoms with E-state index in [-0.39, 0.29) is 18.2 Å². The average Bonchev–Trinajstić information content (AvgIpc) is 2.78. The van der Waals surface area contributed by atoms with Crippen LogP contribution in [0, 0.1) is 0 Å². The largest absolute Gasteiger partial charge is 0.388 e. The predicted octanol–water partition coefficient (Wildman–Crippen LogP) is 0.761. The molecule has 0 aromatic carbocycles. The summed E-state index contributed by atoms with van der Waals surface area (Å²) in [6.45, 7) is 4.97. The van der Waals surface area contributed by atoms with E-state index in [9.17, 15) is 9.90 Å². The molecule has 2 amide bonds. The molecule has 0 bridgehead atoms. The zero-order valence-corrected chi connectivity index (χ0v) is 11.8. The second kappa shape index (κ2) is 6.67. The van der Waals surface area contributed by atoms with Crippen LogP contribution in [0.25, 0.3) is 0 Å². The third kappa shape index (κ3) is 3.91. The number of nitrogens with one attached hydrogen (secondary N) is 1. The summed E-state index contributed by atoms with van der Waals surface area (Å²) in [5, 5.41) is 12.7. The van der Waals surface area contributed by atoms with Gasteiger partial charge < -0.3 is 20.1 Å². The van der Waals surface area contributed by atoms with Crippen LogP contribution in [0.1, 0.15) is 19.4 Å². The van der Waals surface area contributed by atoms with Crippen molar-refractivity contribution in [3.05, 3.63) is 30.1 Å². The summed E-state index contributed by atoms with van der Waals surface area (Å²) in [6.07, 6.45) is 2.51. The second-order valence-corrected chi connectivity index (χ2v) is 5.22. The van der Waals surface area contributed by atoms with E-state index in [2.05, 4.69) is 10.3 Å². The standard InChI is InChI=1S/C14H21N3O3/c1-10(2)20-13-9-17(8-12(13)18)14(19)16-7-11-4-3-5-15-6-11/h3-6,10,12-13,18H,7-9H2,1-2H3,(H,16,19)/t12-,13-/m0/s1. The summed E-state index contributed by atoms with van der Waals surface area (Å²) in [7, 11) is 0. The van der Waals surface area contributed by atoms with Gasteiger partial charge in [-0.25, -0.2) is 4.79 Å². The van der Waals surface area contributed by atoms with Gasteiger partial charge >= 0.3 is 6.03 Å². The molecule has 1 saturated heterocycles. The smallest absolute Gasteiger partial charge is 0.317 e. The zero-order chi connectivity index (χ0) is 14.5. The van der Waals surface area contributed by atoms with Gasteiger partial charge in [-0.05, 0) is 25.5 Å². The number of amides is 2. The topological polar surface area (TPSA) is 74.7 Å². The van der Waals surface area contributed by atoms with Crippen molar-refractivity contribution in [1.29, 1.82) is 0 Å². The van der Waals surface area contributed by atoms with Gasteiger partial charge in [-0.15, -0.1) is 0 Å². The first-order valence-corrected chi connectivity index (χ1v) is 6.81. The highest BCUT2D eigenvalue weighted by molar-refractivity contribution is 5.74. The highest BCUT2D eigenvalue weighted by Gasteiger charge is 2.35. The molecule has 1 aliphatic rings. The summed E-state index contributed by atoms with van der Waals surface area (Å²) in [6, 6.07) is 3.53. The monoisotopic (exact) mass is 279 g/mol. The number of likely N-dealkylation sites (tertiary alicyclic amines) is 1. The minimum Gasteiger partial charge on any atom is -0.388 e. The normalized spacial score (nSPS) is 22.3.